The molecule has 2 unspecified atom stereocenters. The number of likely N-dealkylation sites (tertiary alicyclic amines) is 1. The molecule has 0 radical (unpaired) electrons. The molecule has 16 heavy (non-hydrogen) atoms. The van der Waals surface area contributed by atoms with Gasteiger partial charge in [0.25, 0.3) is 0 Å². The Labute approximate surface area is 102 Å². The van der Waals surface area contributed by atoms with E-state index in [2.05, 4.69) is 4.90 Å². The maximum Gasteiger partial charge on any atom is 0.310 e. The first-order chi connectivity index (χ1) is 7.62. The molecule has 2 aliphatic rings. The van der Waals surface area contributed by atoms with E-state index in [1.165, 1.54) is 24.3 Å². The highest BCUT2D eigenvalue weighted by Gasteiger charge is 2.39. The standard InChI is InChI=1S/C12H21NO2S/c1-12(11(14)15)5-3-6-13(9-12)10-4-2-7-16-8-10/h10H,2-9H2,1H3,(H,14,15). The van der Waals surface area contributed by atoms with Crippen LogP contribution in [0.4, 0.5) is 0 Å². The quantitative estimate of drug-likeness (QED) is 0.806. The predicted molar refractivity (Wildman–Crippen MR) is 66.9 cm³/mol. The first-order valence-electron chi connectivity index (χ1n) is 6.17. The Morgan fingerprint density at radius 1 is 1.50 bits per heavy atom. The topological polar surface area (TPSA) is 40.5 Å². The molecule has 0 bridgehead atoms. The van der Waals surface area contributed by atoms with E-state index in [1.807, 2.05) is 18.7 Å². The molecule has 0 aromatic heterocycles. The summed E-state index contributed by atoms with van der Waals surface area (Å²) in [5, 5.41) is 9.28. The van der Waals surface area contributed by atoms with Crippen molar-refractivity contribution in [1.82, 2.24) is 4.90 Å². The third-order valence-electron chi connectivity index (χ3n) is 3.89. The van der Waals surface area contributed by atoms with E-state index in [9.17, 15) is 9.90 Å². The Bertz CT molecular complexity index is 266. The van der Waals surface area contributed by atoms with Crippen LogP contribution in [0, 0.1) is 5.41 Å². The number of carboxylic acids is 1. The van der Waals surface area contributed by atoms with Gasteiger partial charge in [0, 0.05) is 18.3 Å². The summed E-state index contributed by atoms with van der Waals surface area (Å²) >= 11 is 2.02. The van der Waals surface area contributed by atoms with Crippen LogP contribution in [0.3, 0.4) is 0 Å². The normalized spacial score (nSPS) is 37.2. The molecule has 2 saturated heterocycles. The number of carbonyl (C=O) groups is 1. The molecule has 2 heterocycles. The molecule has 4 heteroatoms. The number of rotatable bonds is 2. The lowest BCUT2D eigenvalue weighted by Gasteiger charge is -2.42. The lowest BCUT2D eigenvalue weighted by atomic mass is 9.81. The highest BCUT2D eigenvalue weighted by Crippen LogP contribution is 2.33. The molecule has 0 saturated carbocycles. The van der Waals surface area contributed by atoms with Crippen molar-refractivity contribution in [2.75, 3.05) is 24.6 Å². The van der Waals surface area contributed by atoms with Gasteiger partial charge in [-0.25, -0.2) is 0 Å². The summed E-state index contributed by atoms with van der Waals surface area (Å²) < 4.78 is 0. The number of hydrogen-bond acceptors (Lipinski definition) is 3. The monoisotopic (exact) mass is 243 g/mol. The van der Waals surface area contributed by atoms with E-state index >= 15 is 0 Å². The Morgan fingerprint density at radius 2 is 2.31 bits per heavy atom. The molecule has 0 aromatic rings. The third kappa shape index (κ3) is 2.54. The van der Waals surface area contributed by atoms with Gasteiger partial charge in [-0.3, -0.25) is 9.69 Å². The fourth-order valence-electron chi connectivity index (χ4n) is 2.78. The van der Waals surface area contributed by atoms with E-state index in [4.69, 9.17) is 0 Å². The molecule has 1 N–H and O–H groups in total. The van der Waals surface area contributed by atoms with Crippen molar-refractivity contribution in [2.45, 2.75) is 38.6 Å². The van der Waals surface area contributed by atoms with Crippen molar-refractivity contribution in [1.29, 1.82) is 0 Å². The van der Waals surface area contributed by atoms with Gasteiger partial charge in [0.1, 0.15) is 0 Å². The third-order valence-corrected chi connectivity index (χ3v) is 5.09. The highest BCUT2D eigenvalue weighted by molar-refractivity contribution is 7.99. The summed E-state index contributed by atoms with van der Waals surface area (Å²) in [6.07, 6.45) is 4.40. The van der Waals surface area contributed by atoms with Crippen LogP contribution in [0.25, 0.3) is 0 Å². The SMILES string of the molecule is CC1(C(=O)O)CCCN(C2CCCSC2)C1. The van der Waals surface area contributed by atoms with Gasteiger partial charge in [0.2, 0.25) is 0 Å². The van der Waals surface area contributed by atoms with Gasteiger partial charge >= 0.3 is 5.97 Å². The molecule has 2 atom stereocenters. The van der Waals surface area contributed by atoms with Crippen LogP contribution in [0.5, 0.6) is 0 Å². The number of aliphatic carboxylic acids is 1. The van der Waals surface area contributed by atoms with Gasteiger partial charge in [-0.1, -0.05) is 0 Å². The Hall–Kier alpha value is -0.220. The van der Waals surface area contributed by atoms with Gasteiger partial charge in [-0.15, -0.1) is 0 Å². The van der Waals surface area contributed by atoms with Crippen molar-refractivity contribution >= 4 is 17.7 Å². The number of nitrogens with zero attached hydrogens (tertiary/aromatic N) is 1. The molecule has 2 rings (SSSR count). The van der Waals surface area contributed by atoms with Crippen LogP contribution in [0.1, 0.15) is 32.6 Å². The van der Waals surface area contributed by atoms with Crippen LogP contribution in [-0.2, 0) is 4.79 Å². The number of hydrogen-bond donors (Lipinski definition) is 1. The summed E-state index contributed by atoms with van der Waals surface area (Å²) in [4.78, 5) is 13.7. The van der Waals surface area contributed by atoms with Gasteiger partial charge in [0.05, 0.1) is 5.41 Å². The largest absolute Gasteiger partial charge is 0.481 e. The summed E-state index contributed by atoms with van der Waals surface area (Å²) in [5.74, 6) is 1.84. The molecular formula is C12H21NO2S. The number of carboxylic acid groups (broad SMARTS) is 1. The summed E-state index contributed by atoms with van der Waals surface area (Å²) in [6, 6.07) is 0.623. The number of piperidine rings is 1. The minimum absolute atomic E-state index is 0.514. The average Bonchev–Trinajstić information content (AvgIpc) is 2.30. The van der Waals surface area contributed by atoms with Crippen LogP contribution in [-0.4, -0.2) is 46.6 Å². The highest BCUT2D eigenvalue weighted by atomic mass is 32.2. The summed E-state index contributed by atoms with van der Waals surface area (Å²) in [5.41, 5.74) is -0.514. The maximum atomic E-state index is 11.3. The summed E-state index contributed by atoms with van der Waals surface area (Å²) in [6.45, 7) is 3.74. The smallest absolute Gasteiger partial charge is 0.310 e. The van der Waals surface area contributed by atoms with Crippen LogP contribution >= 0.6 is 11.8 Å². The Kier molecular flexibility index (Phi) is 3.80. The first-order valence-corrected chi connectivity index (χ1v) is 7.32. The molecule has 0 spiro atoms. The van der Waals surface area contributed by atoms with E-state index < -0.39 is 11.4 Å². The molecule has 3 nitrogen and oxygen atoms in total. The molecule has 2 aliphatic heterocycles. The fourth-order valence-corrected chi connectivity index (χ4v) is 3.96. The summed E-state index contributed by atoms with van der Waals surface area (Å²) in [7, 11) is 0. The van der Waals surface area contributed by atoms with Gasteiger partial charge < -0.3 is 5.11 Å². The maximum absolute atomic E-state index is 11.3. The van der Waals surface area contributed by atoms with Crippen molar-refractivity contribution in [3.8, 4) is 0 Å². The van der Waals surface area contributed by atoms with Crippen molar-refractivity contribution in [3.63, 3.8) is 0 Å². The first kappa shape index (κ1) is 12.2. The Balaban J connectivity index is 1.98. The van der Waals surface area contributed by atoms with Gasteiger partial charge in [0.15, 0.2) is 0 Å². The van der Waals surface area contributed by atoms with Crippen LogP contribution in [0.15, 0.2) is 0 Å². The van der Waals surface area contributed by atoms with E-state index in [-0.39, 0.29) is 0 Å². The van der Waals surface area contributed by atoms with Crippen LogP contribution < -0.4 is 0 Å². The number of thioether (sulfide) groups is 1. The van der Waals surface area contributed by atoms with E-state index in [0.717, 1.165) is 25.9 Å². The minimum atomic E-state index is -0.624. The van der Waals surface area contributed by atoms with Crippen molar-refractivity contribution in [3.05, 3.63) is 0 Å². The minimum Gasteiger partial charge on any atom is -0.481 e. The van der Waals surface area contributed by atoms with Crippen molar-refractivity contribution in [2.24, 2.45) is 5.41 Å². The lowest BCUT2D eigenvalue weighted by Crippen LogP contribution is -2.51. The zero-order valence-electron chi connectivity index (χ0n) is 9.95. The molecule has 92 valence electrons. The second kappa shape index (κ2) is 4.96. The predicted octanol–water partition coefficient (Wildman–Crippen LogP) is 2.07. The van der Waals surface area contributed by atoms with Gasteiger partial charge in [-0.05, 0) is 44.9 Å². The molecule has 0 aliphatic carbocycles. The fraction of sp³-hybridized carbons (Fsp3) is 0.917. The molecular weight excluding hydrogens is 222 g/mol. The van der Waals surface area contributed by atoms with E-state index in [0.29, 0.717) is 6.04 Å². The second-order valence-electron chi connectivity index (χ2n) is 5.31. The Morgan fingerprint density at radius 3 is 2.94 bits per heavy atom. The zero-order chi connectivity index (χ0) is 11.6. The van der Waals surface area contributed by atoms with Gasteiger partial charge in [-0.2, -0.15) is 11.8 Å². The average molecular weight is 243 g/mol. The van der Waals surface area contributed by atoms with E-state index in [1.54, 1.807) is 0 Å². The zero-order valence-corrected chi connectivity index (χ0v) is 10.8. The molecule has 2 fully saturated rings. The second-order valence-corrected chi connectivity index (χ2v) is 6.46. The van der Waals surface area contributed by atoms with Crippen LogP contribution in [0.2, 0.25) is 0 Å². The van der Waals surface area contributed by atoms with Crippen molar-refractivity contribution < 1.29 is 9.90 Å². The molecule has 0 aromatic carbocycles. The lowest BCUT2D eigenvalue weighted by molar-refractivity contribution is -0.151. The molecule has 0 amide bonds.